The summed E-state index contributed by atoms with van der Waals surface area (Å²) in [6.45, 7) is 3.83. The van der Waals surface area contributed by atoms with E-state index in [-0.39, 0.29) is 41.6 Å². The number of carbonyl (C=O) groups excluding carboxylic acids is 4. The number of benzene rings is 2. The van der Waals surface area contributed by atoms with Gasteiger partial charge >= 0.3 is 11.9 Å². The van der Waals surface area contributed by atoms with Gasteiger partial charge in [0.05, 0.1) is 12.4 Å². The average molecular weight is 847 g/mol. The summed E-state index contributed by atoms with van der Waals surface area (Å²) in [5, 5.41) is 18.5. The molecule has 0 radical (unpaired) electrons. The summed E-state index contributed by atoms with van der Waals surface area (Å²) in [6, 6.07) is 22.1. The zero-order valence-electron chi connectivity index (χ0n) is 30.8. The van der Waals surface area contributed by atoms with Crippen molar-refractivity contribution in [1.29, 1.82) is 0 Å². The highest BCUT2D eigenvalue weighted by molar-refractivity contribution is 6.29. The first kappa shape index (κ1) is 42.5. The lowest BCUT2D eigenvalue weighted by Crippen LogP contribution is -2.17. The highest BCUT2D eigenvalue weighted by atomic mass is 35.5. The van der Waals surface area contributed by atoms with Gasteiger partial charge in [-0.2, -0.15) is 4.98 Å². The maximum atomic E-state index is 12.8. The quantitative estimate of drug-likeness (QED) is 0.0200. The van der Waals surface area contributed by atoms with Crippen LogP contribution < -0.4 is 11.1 Å². The number of oxime groups is 1. The number of amides is 1. The number of aromatic nitrogens is 6. The lowest BCUT2D eigenvalue weighted by atomic mass is 9.99. The van der Waals surface area contributed by atoms with Gasteiger partial charge in [0, 0.05) is 35.6 Å². The molecule has 1 amide bonds. The lowest BCUT2D eigenvalue weighted by Gasteiger charge is -2.10. The Balaban J connectivity index is 0.000000184. The molecule has 0 fully saturated rings. The van der Waals surface area contributed by atoms with Crippen molar-refractivity contribution in [3.05, 3.63) is 137 Å². The summed E-state index contributed by atoms with van der Waals surface area (Å²) in [4.78, 5) is 58.3. The van der Waals surface area contributed by atoms with Crippen LogP contribution in [0.3, 0.4) is 0 Å². The number of esters is 2. The minimum atomic E-state index is -0.776. The molecular formula is C39H34Cl3N9O7. The number of nitrogens with two attached hydrogens (primary N) is 1. The van der Waals surface area contributed by atoms with Crippen LogP contribution in [0.25, 0.3) is 22.7 Å². The number of aryl methyl sites for hydroxylation is 2. The Hall–Kier alpha value is -6.62. The first-order chi connectivity index (χ1) is 28.0. The first-order valence-corrected chi connectivity index (χ1v) is 18.7. The number of amidine groups is 1. The number of ether oxygens (including phenoxy) is 1. The van der Waals surface area contributed by atoms with E-state index in [4.69, 9.17) is 50.3 Å². The van der Waals surface area contributed by atoms with Crippen molar-refractivity contribution >= 4 is 81.2 Å². The van der Waals surface area contributed by atoms with Gasteiger partial charge in [0.15, 0.2) is 11.6 Å². The van der Waals surface area contributed by atoms with E-state index in [2.05, 4.69) is 35.3 Å². The molecule has 0 aliphatic carbocycles. The number of hydrogen-bond donors (Lipinski definition) is 3. The Kier molecular flexibility index (Phi) is 14.7. The molecule has 7 rings (SSSR count). The standard InChI is InChI=1S/C19H15ClN4O2.C16H15N5O2.C4H4Cl2O3/c1-12-5-6-13(19-22-18(10-20)26-23-19)8-14(12)9-16(25)15-11-21-17-4-2-3-7-24(15)17;1-10-5-6-11(15(17)20-23)8-12(10)19-16(22)13-9-18-14-4-2-3-7-21(13)14;5-1-3(7)9-4(8)2-6/h2-8,11H,9-10H2,1H3;2-9,23H,1H3,(H2,17,20)(H,19,22);1-2H2. The Morgan fingerprint density at radius 2 is 1.47 bits per heavy atom. The van der Waals surface area contributed by atoms with Gasteiger partial charge in [-0.3, -0.25) is 28.0 Å². The summed E-state index contributed by atoms with van der Waals surface area (Å²) in [5.41, 5.74) is 12.7. The van der Waals surface area contributed by atoms with Crippen LogP contribution in [0.15, 0.2) is 107 Å². The Morgan fingerprint density at radius 3 is 2.07 bits per heavy atom. The van der Waals surface area contributed by atoms with E-state index in [1.54, 1.807) is 39.4 Å². The van der Waals surface area contributed by atoms with E-state index in [0.29, 0.717) is 40.0 Å². The third-order valence-electron chi connectivity index (χ3n) is 8.23. The molecule has 0 atom stereocenters. The fourth-order valence-electron chi connectivity index (χ4n) is 5.27. The largest absolute Gasteiger partial charge is 0.409 e. The fourth-order valence-corrected chi connectivity index (χ4v) is 5.49. The lowest BCUT2D eigenvalue weighted by molar-refractivity contribution is -0.155. The smallest absolute Gasteiger partial charge is 0.328 e. The average Bonchev–Trinajstić information content (AvgIpc) is 4.01. The van der Waals surface area contributed by atoms with Crippen LogP contribution in [0, 0.1) is 13.8 Å². The topological polar surface area (TPSA) is 222 Å². The Labute approximate surface area is 345 Å². The van der Waals surface area contributed by atoms with Gasteiger partial charge in [0.1, 0.15) is 40.3 Å². The molecule has 0 saturated carbocycles. The van der Waals surface area contributed by atoms with Crippen molar-refractivity contribution < 1.29 is 33.6 Å². The van der Waals surface area contributed by atoms with E-state index in [1.807, 2.05) is 74.6 Å². The van der Waals surface area contributed by atoms with Crippen LogP contribution in [0.1, 0.15) is 49.1 Å². The van der Waals surface area contributed by atoms with Gasteiger partial charge in [0.25, 0.3) is 5.91 Å². The Morgan fingerprint density at radius 1 is 0.845 bits per heavy atom. The number of Topliss-reactive ketones (excluding diaryl/α,β-unsaturated/α-hetero) is 1. The van der Waals surface area contributed by atoms with Crippen molar-refractivity contribution in [2.24, 2.45) is 10.9 Å². The molecule has 0 aliphatic rings. The number of alkyl halides is 3. The predicted molar refractivity (Wildman–Crippen MR) is 217 cm³/mol. The molecule has 0 spiro atoms. The highest BCUT2D eigenvalue weighted by Gasteiger charge is 2.17. The second kappa shape index (κ2) is 20.0. The normalized spacial score (nSPS) is 10.9. The number of rotatable bonds is 10. The molecule has 4 N–H and O–H groups in total. The van der Waals surface area contributed by atoms with Gasteiger partial charge in [-0.15, -0.1) is 34.8 Å². The molecule has 58 heavy (non-hydrogen) atoms. The van der Waals surface area contributed by atoms with Crippen molar-refractivity contribution in [2.45, 2.75) is 26.1 Å². The number of pyridine rings is 2. The van der Waals surface area contributed by atoms with E-state index >= 15 is 0 Å². The van der Waals surface area contributed by atoms with Crippen LogP contribution in [0.4, 0.5) is 5.69 Å². The number of nitrogens with zero attached hydrogens (tertiary/aromatic N) is 7. The summed E-state index contributed by atoms with van der Waals surface area (Å²) < 4.78 is 12.6. The molecule has 16 nitrogen and oxygen atoms in total. The predicted octanol–water partition coefficient (Wildman–Crippen LogP) is 6.38. The third kappa shape index (κ3) is 10.6. The monoisotopic (exact) mass is 845 g/mol. The zero-order valence-corrected chi connectivity index (χ0v) is 33.1. The second-order valence-corrected chi connectivity index (χ2v) is 12.9. The summed E-state index contributed by atoms with van der Waals surface area (Å²) in [5.74, 6) is -1.53. The van der Waals surface area contributed by atoms with Crippen molar-refractivity contribution in [3.8, 4) is 11.4 Å². The number of fused-ring (bicyclic) bond motifs is 2. The van der Waals surface area contributed by atoms with E-state index < -0.39 is 11.9 Å². The van der Waals surface area contributed by atoms with E-state index in [9.17, 15) is 19.2 Å². The number of carbonyl (C=O) groups is 4. The van der Waals surface area contributed by atoms with E-state index in [1.165, 1.54) is 6.20 Å². The van der Waals surface area contributed by atoms with Crippen molar-refractivity contribution in [1.82, 2.24) is 28.9 Å². The van der Waals surface area contributed by atoms with Gasteiger partial charge in [-0.25, -0.2) is 9.97 Å². The van der Waals surface area contributed by atoms with Gasteiger partial charge < -0.3 is 25.5 Å². The number of imidazole rings is 2. The minimum Gasteiger partial charge on any atom is -0.409 e. The molecule has 7 aromatic rings. The molecule has 0 saturated heterocycles. The first-order valence-electron chi connectivity index (χ1n) is 17.1. The molecule has 0 unspecified atom stereocenters. The van der Waals surface area contributed by atoms with Crippen LogP contribution in [0.2, 0.25) is 0 Å². The van der Waals surface area contributed by atoms with Crippen LogP contribution in [0.5, 0.6) is 0 Å². The van der Waals surface area contributed by atoms with Crippen LogP contribution in [-0.4, -0.2) is 75.3 Å². The third-order valence-corrected chi connectivity index (χ3v) is 8.89. The number of anilines is 1. The summed E-state index contributed by atoms with van der Waals surface area (Å²) in [7, 11) is 0. The van der Waals surface area contributed by atoms with Gasteiger partial charge in [-0.05, 0) is 66.9 Å². The van der Waals surface area contributed by atoms with Crippen molar-refractivity contribution in [2.75, 3.05) is 17.1 Å². The number of hydrogen-bond acceptors (Lipinski definition) is 12. The van der Waals surface area contributed by atoms with Gasteiger partial charge in [-0.1, -0.05) is 46.7 Å². The number of ketones is 1. The molecule has 0 aliphatic heterocycles. The highest BCUT2D eigenvalue weighted by Crippen LogP contribution is 2.23. The van der Waals surface area contributed by atoms with Gasteiger partial charge in [0.2, 0.25) is 11.7 Å². The van der Waals surface area contributed by atoms with Crippen LogP contribution >= 0.6 is 34.8 Å². The molecule has 5 aromatic heterocycles. The molecule has 0 bridgehead atoms. The Bertz CT molecular complexity index is 2610. The number of nitrogens with one attached hydrogen (secondary N) is 1. The second-order valence-electron chi connectivity index (χ2n) is 12.1. The van der Waals surface area contributed by atoms with Crippen LogP contribution in [-0.2, 0) is 26.6 Å². The van der Waals surface area contributed by atoms with Crippen molar-refractivity contribution in [3.63, 3.8) is 0 Å². The zero-order chi connectivity index (χ0) is 41.8. The molecule has 298 valence electrons. The maximum Gasteiger partial charge on any atom is 0.328 e. The maximum absolute atomic E-state index is 12.8. The molecule has 5 heterocycles. The minimum absolute atomic E-state index is 0.00138. The van der Waals surface area contributed by atoms with E-state index in [0.717, 1.165) is 27.9 Å². The SMILES string of the molecule is Cc1ccc(-c2noc(CCl)n2)cc1CC(=O)c1cnc2ccccn12.Cc1ccc(/C(N)=N/O)cc1NC(=O)c1cnc2ccccn12.O=C(CCl)OC(=O)CCl. The summed E-state index contributed by atoms with van der Waals surface area (Å²) in [6.07, 6.45) is 7.02. The fraction of sp³-hybridized carbons (Fsp3) is 0.154. The molecule has 2 aromatic carbocycles. The molecule has 19 heteroatoms. The molecular weight excluding hydrogens is 813 g/mol. The number of halogens is 3. The summed E-state index contributed by atoms with van der Waals surface area (Å²) >= 11 is 15.7.